The number of benzene rings is 1. The Bertz CT molecular complexity index is 646. The molecule has 5 nitrogen and oxygen atoms in total. The third-order valence-corrected chi connectivity index (χ3v) is 3.68. The molecule has 0 bridgehead atoms. The van der Waals surface area contributed by atoms with Gasteiger partial charge in [-0.3, -0.25) is 4.79 Å². The molecule has 0 saturated carbocycles. The summed E-state index contributed by atoms with van der Waals surface area (Å²) in [5, 5.41) is 7.21. The van der Waals surface area contributed by atoms with Gasteiger partial charge in [-0.25, -0.2) is 4.98 Å². The molecule has 112 valence electrons. The molecule has 2 aromatic rings. The molecule has 1 aromatic heterocycles. The van der Waals surface area contributed by atoms with Crippen LogP contribution in [0.25, 0.3) is 0 Å². The van der Waals surface area contributed by atoms with Crippen LogP contribution >= 0.6 is 22.9 Å². The molecular formula is C14H17ClN4OS. The Morgan fingerprint density at radius 1 is 1.29 bits per heavy atom. The number of nitrogens with zero attached hydrogens (tertiary/aromatic N) is 1. The van der Waals surface area contributed by atoms with Crippen molar-refractivity contribution in [2.45, 2.75) is 26.3 Å². The molecule has 21 heavy (non-hydrogen) atoms. The lowest BCUT2D eigenvalue weighted by atomic mass is 10.1. The summed E-state index contributed by atoms with van der Waals surface area (Å²) in [6.07, 6.45) is 0. The predicted molar refractivity (Wildman–Crippen MR) is 89.3 cm³/mol. The van der Waals surface area contributed by atoms with Crippen molar-refractivity contribution in [3.05, 3.63) is 34.2 Å². The summed E-state index contributed by atoms with van der Waals surface area (Å²) >= 11 is 7.04. The number of hydrogen-bond donors (Lipinski definition) is 3. The maximum atomic E-state index is 12.2. The molecule has 4 N–H and O–H groups in total. The molecule has 0 saturated heterocycles. The summed E-state index contributed by atoms with van der Waals surface area (Å²) < 4.78 is 0. The van der Waals surface area contributed by atoms with E-state index in [1.165, 1.54) is 11.3 Å². The molecule has 1 amide bonds. The zero-order valence-corrected chi connectivity index (χ0v) is 13.6. The highest BCUT2D eigenvalue weighted by atomic mass is 35.5. The zero-order valence-electron chi connectivity index (χ0n) is 12.0. The number of nitrogens with two attached hydrogens (primary N) is 1. The summed E-state index contributed by atoms with van der Waals surface area (Å²) in [7, 11) is 0. The van der Waals surface area contributed by atoms with Gasteiger partial charge in [0.25, 0.3) is 5.91 Å². The highest BCUT2D eigenvalue weighted by molar-refractivity contribution is 7.18. The highest BCUT2D eigenvalue weighted by Gasteiger charge is 2.19. The molecule has 0 aliphatic heterocycles. The molecule has 0 spiro atoms. The van der Waals surface area contributed by atoms with Gasteiger partial charge in [0.15, 0.2) is 5.13 Å². The van der Waals surface area contributed by atoms with Gasteiger partial charge in [-0.15, -0.1) is 0 Å². The molecular weight excluding hydrogens is 308 g/mol. The first-order valence-corrected chi connectivity index (χ1v) is 7.55. The number of nitrogens with one attached hydrogen (secondary N) is 2. The minimum absolute atomic E-state index is 0.145. The topological polar surface area (TPSA) is 80.0 Å². The lowest BCUT2D eigenvalue weighted by Gasteiger charge is -2.19. The van der Waals surface area contributed by atoms with Gasteiger partial charge >= 0.3 is 0 Å². The Balaban J connectivity index is 2.14. The molecule has 1 aromatic carbocycles. The van der Waals surface area contributed by atoms with Crippen LogP contribution in [-0.2, 0) is 0 Å². The van der Waals surface area contributed by atoms with E-state index in [1.54, 1.807) is 24.3 Å². The van der Waals surface area contributed by atoms with Gasteiger partial charge in [-0.1, -0.05) is 22.9 Å². The number of halogens is 1. The first-order valence-electron chi connectivity index (χ1n) is 6.36. The molecule has 0 aliphatic carbocycles. The van der Waals surface area contributed by atoms with Gasteiger partial charge in [0.1, 0.15) is 10.7 Å². The second-order valence-corrected chi connectivity index (χ2v) is 7.00. The maximum absolute atomic E-state index is 12.2. The lowest BCUT2D eigenvalue weighted by Crippen LogP contribution is -2.25. The molecule has 0 fully saturated rings. The van der Waals surface area contributed by atoms with Crippen molar-refractivity contribution in [1.82, 2.24) is 4.98 Å². The van der Waals surface area contributed by atoms with Crippen LogP contribution < -0.4 is 16.4 Å². The van der Waals surface area contributed by atoms with Crippen LogP contribution in [0, 0.1) is 0 Å². The lowest BCUT2D eigenvalue weighted by molar-refractivity contribution is 0.103. The largest absolute Gasteiger partial charge is 0.382 e. The summed E-state index contributed by atoms with van der Waals surface area (Å²) in [5.74, 6) is -0.0625. The van der Waals surface area contributed by atoms with Crippen molar-refractivity contribution >= 4 is 45.5 Å². The summed E-state index contributed by atoms with van der Waals surface area (Å²) in [4.78, 5) is 16.8. The van der Waals surface area contributed by atoms with E-state index in [0.29, 0.717) is 20.7 Å². The van der Waals surface area contributed by atoms with Crippen LogP contribution in [0.15, 0.2) is 24.3 Å². The quantitative estimate of drug-likeness (QED) is 0.801. The second kappa shape index (κ2) is 5.91. The maximum Gasteiger partial charge on any atom is 0.269 e. The molecule has 0 atom stereocenters. The van der Waals surface area contributed by atoms with Gasteiger partial charge in [0.05, 0.1) is 0 Å². The van der Waals surface area contributed by atoms with Crippen molar-refractivity contribution in [3.63, 3.8) is 0 Å². The fraction of sp³-hybridized carbons (Fsp3) is 0.286. The van der Waals surface area contributed by atoms with Gasteiger partial charge in [-0.2, -0.15) is 0 Å². The standard InChI is InChI=1S/C14H17ClN4OS/c1-14(2,3)19-13-18-11(16)10(21-13)12(20)17-9-6-4-8(15)5-7-9/h4-7H,16H2,1-3H3,(H,17,20)(H,18,19). The molecule has 2 rings (SSSR count). The monoisotopic (exact) mass is 324 g/mol. The van der Waals surface area contributed by atoms with Crippen LogP contribution in [0.5, 0.6) is 0 Å². The van der Waals surface area contributed by atoms with Crippen molar-refractivity contribution in [2.24, 2.45) is 0 Å². The third-order valence-electron chi connectivity index (χ3n) is 2.44. The van der Waals surface area contributed by atoms with Gasteiger partial charge in [0, 0.05) is 16.2 Å². The number of nitrogen functional groups attached to an aromatic ring is 1. The Morgan fingerprint density at radius 2 is 1.90 bits per heavy atom. The van der Waals surface area contributed by atoms with E-state index in [9.17, 15) is 4.79 Å². The summed E-state index contributed by atoms with van der Waals surface area (Å²) in [6.45, 7) is 6.04. The van der Waals surface area contributed by atoms with Crippen LogP contribution in [0.2, 0.25) is 5.02 Å². The van der Waals surface area contributed by atoms with Crippen LogP contribution in [0.1, 0.15) is 30.4 Å². The average molecular weight is 325 g/mol. The fourth-order valence-electron chi connectivity index (χ4n) is 1.59. The minimum Gasteiger partial charge on any atom is -0.382 e. The fourth-order valence-corrected chi connectivity index (χ4v) is 2.70. The first-order chi connectivity index (χ1) is 9.74. The van der Waals surface area contributed by atoms with Crippen molar-refractivity contribution in [1.29, 1.82) is 0 Å². The minimum atomic E-state index is -0.283. The van der Waals surface area contributed by atoms with E-state index in [2.05, 4.69) is 15.6 Å². The third kappa shape index (κ3) is 4.34. The van der Waals surface area contributed by atoms with E-state index >= 15 is 0 Å². The molecule has 0 unspecified atom stereocenters. The first kappa shape index (κ1) is 15.6. The van der Waals surface area contributed by atoms with Gasteiger partial charge < -0.3 is 16.4 Å². The van der Waals surface area contributed by atoms with Crippen molar-refractivity contribution < 1.29 is 4.79 Å². The number of aromatic nitrogens is 1. The molecule has 0 aliphatic rings. The highest BCUT2D eigenvalue weighted by Crippen LogP contribution is 2.28. The SMILES string of the molecule is CC(C)(C)Nc1nc(N)c(C(=O)Nc2ccc(Cl)cc2)s1. The van der Waals surface area contributed by atoms with E-state index in [4.69, 9.17) is 17.3 Å². The van der Waals surface area contributed by atoms with Crippen molar-refractivity contribution in [2.75, 3.05) is 16.4 Å². The predicted octanol–water partition coefficient (Wildman–Crippen LogP) is 3.84. The van der Waals surface area contributed by atoms with Crippen LogP contribution in [0.3, 0.4) is 0 Å². The van der Waals surface area contributed by atoms with Crippen molar-refractivity contribution in [3.8, 4) is 0 Å². The Labute approximate surface area is 132 Å². The van der Waals surface area contributed by atoms with Gasteiger partial charge in [0.2, 0.25) is 0 Å². The van der Waals surface area contributed by atoms with E-state index in [0.717, 1.165) is 0 Å². The average Bonchev–Trinajstić information content (AvgIpc) is 2.70. The summed E-state index contributed by atoms with van der Waals surface area (Å²) in [6, 6.07) is 6.87. The molecule has 1 heterocycles. The number of rotatable bonds is 3. The van der Waals surface area contributed by atoms with E-state index in [1.807, 2.05) is 20.8 Å². The number of thiazole rings is 1. The normalized spacial score (nSPS) is 11.2. The number of carbonyl (C=O) groups excluding carboxylic acids is 1. The van der Waals surface area contributed by atoms with Crippen LogP contribution in [0.4, 0.5) is 16.6 Å². The molecule has 0 radical (unpaired) electrons. The molecule has 7 heteroatoms. The number of anilines is 3. The Morgan fingerprint density at radius 3 is 2.48 bits per heavy atom. The number of carbonyl (C=O) groups is 1. The number of amides is 1. The smallest absolute Gasteiger partial charge is 0.269 e. The van der Waals surface area contributed by atoms with E-state index in [-0.39, 0.29) is 17.3 Å². The second-order valence-electron chi connectivity index (χ2n) is 5.57. The zero-order chi connectivity index (χ0) is 15.6. The van der Waals surface area contributed by atoms with Gasteiger partial charge in [-0.05, 0) is 45.0 Å². The number of hydrogen-bond acceptors (Lipinski definition) is 5. The Hall–Kier alpha value is -1.79. The van der Waals surface area contributed by atoms with E-state index < -0.39 is 0 Å². The Kier molecular flexibility index (Phi) is 4.39. The van der Waals surface area contributed by atoms with Crippen LogP contribution in [-0.4, -0.2) is 16.4 Å². The summed E-state index contributed by atoms with van der Waals surface area (Å²) in [5.41, 5.74) is 6.33.